The Labute approximate surface area is 214 Å². The molecule has 0 aliphatic rings. The van der Waals surface area contributed by atoms with Crippen LogP contribution in [0.4, 0.5) is 4.39 Å². The number of halogens is 1. The van der Waals surface area contributed by atoms with Crippen molar-refractivity contribution in [3.05, 3.63) is 101 Å². The fourth-order valence-corrected chi connectivity index (χ4v) is 4.92. The number of aryl methyl sites for hydroxylation is 1. The first-order chi connectivity index (χ1) is 17.5. The van der Waals surface area contributed by atoms with Crippen molar-refractivity contribution >= 4 is 17.7 Å². The molecule has 8 heteroatoms. The predicted molar refractivity (Wildman–Crippen MR) is 140 cm³/mol. The molecule has 1 aromatic heterocycles. The molecule has 0 spiro atoms. The summed E-state index contributed by atoms with van der Waals surface area (Å²) in [5.41, 5.74) is 4.49. The van der Waals surface area contributed by atoms with Gasteiger partial charge in [0.15, 0.2) is 11.0 Å². The molecule has 1 atom stereocenters. The van der Waals surface area contributed by atoms with E-state index >= 15 is 0 Å². The molecule has 0 bridgehead atoms. The number of benzene rings is 3. The van der Waals surface area contributed by atoms with Crippen molar-refractivity contribution in [1.29, 1.82) is 0 Å². The lowest BCUT2D eigenvalue weighted by Gasteiger charge is -2.17. The Kier molecular flexibility index (Phi) is 8.51. The lowest BCUT2D eigenvalue weighted by atomic mass is 10.1. The average Bonchev–Trinajstić information content (AvgIpc) is 3.32. The highest BCUT2D eigenvalue weighted by atomic mass is 32.2. The molecule has 4 rings (SSSR count). The maximum absolute atomic E-state index is 13.2. The first-order valence-electron chi connectivity index (χ1n) is 11.7. The Morgan fingerprint density at radius 3 is 2.50 bits per heavy atom. The summed E-state index contributed by atoms with van der Waals surface area (Å²) in [6, 6.07) is 21.9. The number of amides is 1. The van der Waals surface area contributed by atoms with E-state index < -0.39 is 0 Å². The quantitative estimate of drug-likeness (QED) is 0.276. The van der Waals surface area contributed by atoms with Gasteiger partial charge in [0.2, 0.25) is 0 Å². The second-order valence-corrected chi connectivity index (χ2v) is 9.54. The molecule has 6 nitrogen and oxygen atoms in total. The zero-order valence-electron chi connectivity index (χ0n) is 20.6. The van der Waals surface area contributed by atoms with Crippen LogP contribution in [-0.4, -0.2) is 34.4 Å². The minimum Gasteiger partial charge on any atom is -0.383 e. The lowest BCUT2D eigenvalue weighted by molar-refractivity contribution is 0.0950. The highest BCUT2D eigenvalue weighted by molar-refractivity contribution is 7.98. The van der Waals surface area contributed by atoms with Crippen LogP contribution in [0.3, 0.4) is 0 Å². The van der Waals surface area contributed by atoms with Crippen LogP contribution in [0.25, 0.3) is 11.4 Å². The zero-order chi connectivity index (χ0) is 25.5. The van der Waals surface area contributed by atoms with Crippen molar-refractivity contribution in [2.75, 3.05) is 13.7 Å². The number of hydrogen-bond acceptors (Lipinski definition) is 5. The maximum atomic E-state index is 13.2. The van der Waals surface area contributed by atoms with E-state index in [-0.39, 0.29) is 17.8 Å². The summed E-state index contributed by atoms with van der Waals surface area (Å²) in [6.45, 7) is 4.97. The number of hydrogen-bond donors (Lipinski definition) is 1. The number of carbonyl (C=O) groups is 1. The molecule has 0 radical (unpaired) electrons. The highest BCUT2D eigenvalue weighted by Gasteiger charge is 2.20. The number of carbonyl (C=O) groups excluding carboxylic acids is 1. The zero-order valence-corrected chi connectivity index (χ0v) is 21.4. The Morgan fingerprint density at radius 2 is 1.78 bits per heavy atom. The van der Waals surface area contributed by atoms with Gasteiger partial charge in [-0.25, -0.2) is 4.39 Å². The molecule has 1 N–H and O–H groups in total. The molecule has 4 aromatic rings. The molecule has 36 heavy (non-hydrogen) atoms. The highest BCUT2D eigenvalue weighted by Crippen LogP contribution is 2.30. The Balaban J connectivity index is 1.52. The summed E-state index contributed by atoms with van der Waals surface area (Å²) in [6.07, 6.45) is 0. The standard InChI is InChI=1S/C28H29FN4O2S/c1-19-8-12-22(13-9-19)26-31-32-28(33(26)20(2)17-35-3)36-18-23-6-4-5-7-25(23)27(34)30-16-21-10-14-24(29)15-11-21/h4-15,20H,16-18H2,1-3H3,(H,30,34)/t20-/m0/s1. The van der Waals surface area contributed by atoms with Gasteiger partial charge in [0.25, 0.3) is 5.91 Å². The van der Waals surface area contributed by atoms with Gasteiger partial charge in [-0.3, -0.25) is 9.36 Å². The maximum Gasteiger partial charge on any atom is 0.251 e. The number of ether oxygens (including phenoxy) is 1. The van der Waals surface area contributed by atoms with Gasteiger partial charge in [-0.1, -0.05) is 71.9 Å². The summed E-state index contributed by atoms with van der Waals surface area (Å²) >= 11 is 1.53. The minimum atomic E-state index is -0.300. The smallest absolute Gasteiger partial charge is 0.251 e. The summed E-state index contributed by atoms with van der Waals surface area (Å²) < 4.78 is 20.7. The number of nitrogens with zero attached hydrogens (tertiary/aromatic N) is 3. The first-order valence-corrected chi connectivity index (χ1v) is 12.7. The molecule has 0 saturated heterocycles. The van der Waals surface area contributed by atoms with Crippen LogP contribution in [0.15, 0.2) is 78.0 Å². The number of thioether (sulfide) groups is 1. The van der Waals surface area contributed by atoms with Gasteiger partial charge in [0, 0.05) is 30.5 Å². The molecule has 0 aliphatic carbocycles. The first kappa shape index (κ1) is 25.6. The molecule has 186 valence electrons. The van der Waals surface area contributed by atoms with E-state index in [4.69, 9.17) is 4.74 Å². The van der Waals surface area contributed by atoms with Gasteiger partial charge in [0.05, 0.1) is 12.6 Å². The minimum absolute atomic E-state index is 0.0260. The van der Waals surface area contributed by atoms with Crippen LogP contribution in [0.1, 0.15) is 40.0 Å². The molecular formula is C28H29FN4O2S. The van der Waals surface area contributed by atoms with E-state index in [1.54, 1.807) is 19.2 Å². The van der Waals surface area contributed by atoms with Gasteiger partial charge in [-0.15, -0.1) is 10.2 Å². The Morgan fingerprint density at radius 1 is 1.06 bits per heavy atom. The normalized spacial score (nSPS) is 11.9. The average molecular weight is 505 g/mol. The van der Waals surface area contributed by atoms with E-state index in [0.717, 1.165) is 27.7 Å². The van der Waals surface area contributed by atoms with Gasteiger partial charge in [-0.05, 0) is 43.2 Å². The molecule has 3 aromatic carbocycles. The van der Waals surface area contributed by atoms with Gasteiger partial charge < -0.3 is 10.1 Å². The van der Waals surface area contributed by atoms with Gasteiger partial charge in [0.1, 0.15) is 5.82 Å². The lowest BCUT2D eigenvalue weighted by Crippen LogP contribution is -2.24. The van der Waals surface area contributed by atoms with E-state index in [1.165, 1.54) is 29.5 Å². The SMILES string of the molecule is COC[C@H](C)n1c(SCc2ccccc2C(=O)NCc2ccc(F)cc2)nnc1-c1ccc(C)cc1. The number of nitrogens with one attached hydrogen (secondary N) is 1. The van der Waals surface area contributed by atoms with Crippen molar-refractivity contribution in [1.82, 2.24) is 20.1 Å². The topological polar surface area (TPSA) is 69.0 Å². The third-order valence-corrected chi connectivity index (χ3v) is 6.80. The molecule has 0 fully saturated rings. The second-order valence-electron chi connectivity index (χ2n) is 8.60. The Bertz CT molecular complexity index is 1310. The van der Waals surface area contributed by atoms with Crippen molar-refractivity contribution in [2.45, 2.75) is 37.3 Å². The second kappa shape index (κ2) is 12.0. The van der Waals surface area contributed by atoms with Crippen molar-refractivity contribution in [2.24, 2.45) is 0 Å². The van der Waals surface area contributed by atoms with Crippen LogP contribution < -0.4 is 5.32 Å². The van der Waals surface area contributed by atoms with Crippen LogP contribution in [0.5, 0.6) is 0 Å². The summed E-state index contributed by atoms with van der Waals surface area (Å²) in [4.78, 5) is 12.9. The molecule has 1 amide bonds. The molecule has 1 heterocycles. The summed E-state index contributed by atoms with van der Waals surface area (Å²) in [7, 11) is 1.68. The van der Waals surface area contributed by atoms with E-state index in [9.17, 15) is 9.18 Å². The Hall–Kier alpha value is -3.49. The van der Waals surface area contributed by atoms with Crippen LogP contribution >= 0.6 is 11.8 Å². The van der Waals surface area contributed by atoms with E-state index in [0.29, 0.717) is 24.5 Å². The van der Waals surface area contributed by atoms with Crippen molar-refractivity contribution < 1.29 is 13.9 Å². The van der Waals surface area contributed by atoms with Crippen LogP contribution in [0, 0.1) is 12.7 Å². The molecule has 0 unspecified atom stereocenters. The number of aromatic nitrogens is 3. The van der Waals surface area contributed by atoms with Gasteiger partial charge in [-0.2, -0.15) is 0 Å². The summed E-state index contributed by atoms with van der Waals surface area (Å²) in [5, 5.41) is 12.7. The molecular weight excluding hydrogens is 475 g/mol. The molecule has 0 aliphatic heterocycles. The van der Waals surface area contributed by atoms with Crippen LogP contribution in [-0.2, 0) is 17.0 Å². The molecule has 0 saturated carbocycles. The van der Waals surface area contributed by atoms with Crippen molar-refractivity contribution in [3.8, 4) is 11.4 Å². The largest absolute Gasteiger partial charge is 0.383 e. The third-order valence-electron chi connectivity index (χ3n) is 5.81. The number of rotatable bonds is 10. The predicted octanol–water partition coefficient (Wildman–Crippen LogP) is 5.82. The van der Waals surface area contributed by atoms with Gasteiger partial charge >= 0.3 is 0 Å². The van der Waals surface area contributed by atoms with Crippen LogP contribution in [0.2, 0.25) is 0 Å². The van der Waals surface area contributed by atoms with E-state index in [1.807, 2.05) is 36.4 Å². The summed E-state index contributed by atoms with van der Waals surface area (Å²) in [5.74, 6) is 0.856. The fraction of sp³-hybridized carbons (Fsp3) is 0.250. The van der Waals surface area contributed by atoms with E-state index in [2.05, 4.69) is 46.1 Å². The monoisotopic (exact) mass is 504 g/mol. The third kappa shape index (κ3) is 6.19. The number of methoxy groups -OCH3 is 1. The fourth-order valence-electron chi connectivity index (χ4n) is 3.88. The van der Waals surface area contributed by atoms with Crippen molar-refractivity contribution in [3.63, 3.8) is 0 Å².